The minimum atomic E-state index is 0. The van der Waals surface area contributed by atoms with Crippen molar-refractivity contribution in [2.24, 2.45) is 0 Å². The van der Waals surface area contributed by atoms with E-state index >= 15 is 0 Å². The molecule has 6 nitrogen and oxygen atoms in total. The summed E-state index contributed by atoms with van der Waals surface area (Å²) in [5.41, 5.74) is 0. The summed E-state index contributed by atoms with van der Waals surface area (Å²) in [6.45, 7) is 0. The standard InChI is InChI=1S/Cu.Mo.6H2O/h;;6*1H2/q+2;+4;;;;;;/p-6. The molecule has 0 rings (SSSR count). The molecule has 8 heavy (non-hydrogen) atoms. The molecule has 0 spiro atoms. The van der Waals surface area contributed by atoms with E-state index in [1.54, 1.807) is 0 Å². The summed E-state index contributed by atoms with van der Waals surface area (Å²) in [7, 11) is 0. The summed E-state index contributed by atoms with van der Waals surface area (Å²) in [6, 6.07) is 0. The molecule has 0 amide bonds. The van der Waals surface area contributed by atoms with Gasteiger partial charge in [-0.2, -0.15) is 0 Å². The van der Waals surface area contributed by atoms with E-state index < -0.39 is 0 Å². The first-order chi connectivity index (χ1) is 0. The van der Waals surface area contributed by atoms with Gasteiger partial charge in [0.1, 0.15) is 0 Å². The van der Waals surface area contributed by atoms with E-state index in [0.717, 1.165) is 0 Å². The van der Waals surface area contributed by atoms with Crippen LogP contribution in [-0.2, 0) is 38.1 Å². The monoisotopic (exact) mass is 263 g/mol. The fourth-order valence-corrected chi connectivity index (χ4v) is 0. The summed E-state index contributed by atoms with van der Waals surface area (Å²) >= 11 is 0. The van der Waals surface area contributed by atoms with Crippen LogP contribution in [0.5, 0.6) is 0 Å². The Morgan fingerprint density at radius 3 is 0.375 bits per heavy atom. The molecule has 0 unspecified atom stereocenters. The van der Waals surface area contributed by atoms with Crippen LogP contribution in [0.25, 0.3) is 0 Å². The summed E-state index contributed by atoms with van der Waals surface area (Å²) in [4.78, 5) is 0. The molecule has 0 aliphatic rings. The molecule has 0 fully saturated rings. The third-order valence-electron chi connectivity index (χ3n) is 0. The molecule has 0 saturated heterocycles. The van der Waals surface area contributed by atoms with Crippen molar-refractivity contribution in [3.8, 4) is 0 Å². The zero-order valence-corrected chi connectivity index (χ0v) is 6.34. The number of hydrogen-bond donors (Lipinski definition) is 0. The molecule has 0 atom stereocenters. The molecule has 1 radical (unpaired) electrons. The maximum absolute atomic E-state index is 0. The van der Waals surface area contributed by atoms with E-state index in [4.69, 9.17) is 0 Å². The van der Waals surface area contributed by atoms with Crippen molar-refractivity contribution in [3.05, 3.63) is 0 Å². The van der Waals surface area contributed by atoms with Crippen LogP contribution in [0.3, 0.4) is 0 Å². The molecule has 0 aromatic carbocycles. The molecule has 0 aromatic heterocycles. The fraction of sp³-hybridized carbons (Fsp3) is 0. The summed E-state index contributed by atoms with van der Waals surface area (Å²) in [5, 5.41) is 0. The predicted octanol–water partition coefficient (Wildman–Crippen LogP) is -1.07. The molecule has 59 valence electrons. The van der Waals surface area contributed by atoms with Crippen LogP contribution in [0.4, 0.5) is 0 Å². The van der Waals surface area contributed by atoms with Crippen molar-refractivity contribution in [1.29, 1.82) is 0 Å². The first kappa shape index (κ1) is 608. The van der Waals surface area contributed by atoms with Gasteiger partial charge in [0.2, 0.25) is 0 Å². The number of hydrogen-bond acceptors (Lipinski definition) is 6. The molecule has 0 aliphatic carbocycles. The van der Waals surface area contributed by atoms with Gasteiger partial charge in [0, 0.05) is 0 Å². The van der Waals surface area contributed by atoms with Gasteiger partial charge in [-0.05, 0) is 0 Å². The topological polar surface area (TPSA) is 180 Å². The van der Waals surface area contributed by atoms with E-state index in [1.807, 2.05) is 0 Å². The van der Waals surface area contributed by atoms with Crippen LogP contribution in [0.15, 0.2) is 0 Å². The molecule has 0 aromatic rings. The smallest absolute Gasteiger partial charge is 0.870 e. The summed E-state index contributed by atoms with van der Waals surface area (Å²) in [6.07, 6.45) is 0. The van der Waals surface area contributed by atoms with Gasteiger partial charge in [-0.25, -0.2) is 0 Å². The van der Waals surface area contributed by atoms with E-state index in [9.17, 15) is 0 Å². The Hall–Kier alpha value is 0.968. The first-order valence-electron chi connectivity index (χ1n) is 0. The summed E-state index contributed by atoms with van der Waals surface area (Å²) < 4.78 is 0. The molecule has 0 saturated carbocycles. The minimum absolute atomic E-state index is 0. The Morgan fingerprint density at radius 1 is 0.375 bits per heavy atom. The second-order valence-electron chi connectivity index (χ2n) is 0. The Labute approximate surface area is 71.2 Å². The second-order valence-corrected chi connectivity index (χ2v) is 0. The molecule has 8 heteroatoms. The van der Waals surface area contributed by atoms with E-state index in [1.165, 1.54) is 0 Å². The van der Waals surface area contributed by atoms with Gasteiger partial charge < -0.3 is 32.9 Å². The average molecular weight is 262 g/mol. The van der Waals surface area contributed by atoms with Crippen molar-refractivity contribution >= 4 is 0 Å². The Bertz CT molecular complexity index is 8.49. The van der Waals surface area contributed by atoms with Gasteiger partial charge >= 0.3 is 38.1 Å². The van der Waals surface area contributed by atoms with Crippen molar-refractivity contribution in [3.63, 3.8) is 0 Å². The normalized spacial score (nSPS) is 0. The van der Waals surface area contributed by atoms with Crippen molar-refractivity contribution < 1.29 is 71.0 Å². The van der Waals surface area contributed by atoms with E-state index in [-0.39, 0.29) is 71.0 Å². The zero-order chi connectivity index (χ0) is 0. The Morgan fingerprint density at radius 2 is 0.375 bits per heavy atom. The first-order valence-corrected chi connectivity index (χ1v) is 0. The van der Waals surface area contributed by atoms with Crippen molar-refractivity contribution in [2.75, 3.05) is 0 Å². The van der Waals surface area contributed by atoms with Crippen LogP contribution in [0.1, 0.15) is 0 Å². The summed E-state index contributed by atoms with van der Waals surface area (Å²) in [5.74, 6) is 0. The number of rotatable bonds is 0. The maximum atomic E-state index is 0. The van der Waals surface area contributed by atoms with Gasteiger partial charge in [-0.15, -0.1) is 0 Å². The van der Waals surface area contributed by atoms with Crippen LogP contribution in [-0.4, -0.2) is 32.9 Å². The molecular weight excluding hydrogens is 255 g/mol. The average Bonchev–Trinajstić information content (AvgIpc) is 0. The van der Waals surface area contributed by atoms with Crippen LogP contribution < -0.4 is 0 Å². The molecule has 0 aliphatic heterocycles. The Kier molecular flexibility index (Phi) is 31400. The molecule has 0 bridgehead atoms. The molecular formula is H6CuMoO6. The quantitative estimate of drug-likeness (QED) is 0.500. The largest absolute Gasteiger partial charge is 4.00 e. The minimum Gasteiger partial charge on any atom is -0.870 e. The maximum Gasteiger partial charge on any atom is 4.00 e. The van der Waals surface area contributed by atoms with Gasteiger partial charge in [0.25, 0.3) is 0 Å². The zero-order valence-electron chi connectivity index (χ0n) is 3.39. The van der Waals surface area contributed by atoms with Crippen LogP contribution in [0.2, 0.25) is 0 Å². The van der Waals surface area contributed by atoms with Crippen molar-refractivity contribution in [2.45, 2.75) is 0 Å². The van der Waals surface area contributed by atoms with Gasteiger partial charge in [0.15, 0.2) is 0 Å². The van der Waals surface area contributed by atoms with Gasteiger partial charge in [0.05, 0.1) is 0 Å². The molecule has 0 heterocycles. The Balaban J connectivity index is 0. The third kappa shape index (κ3) is 265. The second kappa shape index (κ2) is 413. The van der Waals surface area contributed by atoms with Crippen molar-refractivity contribution in [1.82, 2.24) is 0 Å². The van der Waals surface area contributed by atoms with Crippen LogP contribution in [0, 0.1) is 0 Å². The van der Waals surface area contributed by atoms with Crippen LogP contribution >= 0.6 is 0 Å². The SMILES string of the molecule is [Cu+2].[Mo+4].[OH-].[OH-].[OH-].[OH-].[OH-].[OH-]. The molecule has 6 N–H and O–H groups in total. The van der Waals surface area contributed by atoms with Gasteiger partial charge in [-0.3, -0.25) is 0 Å². The fourth-order valence-electron chi connectivity index (χ4n) is 0. The van der Waals surface area contributed by atoms with E-state index in [2.05, 4.69) is 0 Å². The van der Waals surface area contributed by atoms with Gasteiger partial charge in [-0.1, -0.05) is 0 Å². The van der Waals surface area contributed by atoms with E-state index in [0.29, 0.717) is 0 Å². The third-order valence-corrected chi connectivity index (χ3v) is 0. The predicted molar refractivity (Wildman–Crippen MR) is 11.6 cm³/mol.